The van der Waals surface area contributed by atoms with Crippen molar-refractivity contribution < 1.29 is 18.3 Å². The van der Waals surface area contributed by atoms with Gasteiger partial charge in [0.15, 0.2) is 5.03 Å². The molecule has 104 valence electrons. The van der Waals surface area contributed by atoms with Crippen molar-refractivity contribution in [1.29, 1.82) is 0 Å². The van der Waals surface area contributed by atoms with E-state index in [0.29, 0.717) is 11.4 Å². The van der Waals surface area contributed by atoms with Crippen molar-refractivity contribution in [2.45, 2.75) is 11.9 Å². The van der Waals surface area contributed by atoms with E-state index < -0.39 is 16.0 Å². The lowest BCUT2D eigenvalue weighted by Gasteiger charge is -2.07. The highest BCUT2D eigenvalue weighted by molar-refractivity contribution is 7.92. The fraction of sp³-hybridized carbons (Fsp3) is 0.0833. The Hall–Kier alpha value is -2.48. The van der Waals surface area contributed by atoms with Gasteiger partial charge in [0.2, 0.25) is 0 Å². The number of carboxylic acids is 1. The molecule has 20 heavy (non-hydrogen) atoms. The van der Waals surface area contributed by atoms with E-state index in [1.807, 2.05) is 0 Å². The molecule has 2 aromatic heterocycles. The molecule has 0 atom stereocenters. The molecule has 0 aliphatic heterocycles. The number of aromatic carboxylic acids is 1. The maximum atomic E-state index is 12.1. The molecule has 0 aliphatic carbocycles. The van der Waals surface area contributed by atoms with Gasteiger partial charge in [0, 0.05) is 18.1 Å². The molecule has 0 unspecified atom stereocenters. The Kier molecular flexibility index (Phi) is 3.66. The highest BCUT2D eigenvalue weighted by Crippen LogP contribution is 2.14. The fourth-order valence-corrected chi connectivity index (χ4v) is 2.46. The number of carboxylic acid groups (broad SMARTS) is 1. The lowest BCUT2D eigenvalue weighted by atomic mass is 10.3. The summed E-state index contributed by atoms with van der Waals surface area (Å²) in [5.41, 5.74) is 0.949. The number of rotatable bonds is 4. The van der Waals surface area contributed by atoms with Gasteiger partial charge in [0.05, 0.1) is 11.3 Å². The number of pyridine rings is 2. The van der Waals surface area contributed by atoms with E-state index in [4.69, 9.17) is 5.11 Å². The van der Waals surface area contributed by atoms with Crippen LogP contribution in [-0.2, 0) is 10.0 Å². The second kappa shape index (κ2) is 5.25. The van der Waals surface area contributed by atoms with E-state index in [0.717, 1.165) is 12.3 Å². The van der Waals surface area contributed by atoms with E-state index in [2.05, 4.69) is 14.7 Å². The highest BCUT2D eigenvalue weighted by Gasteiger charge is 2.16. The van der Waals surface area contributed by atoms with Gasteiger partial charge in [-0.2, -0.15) is 8.42 Å². The summed E-state index contributed by atoms with van der Waals surface area (Å²) in [6.45, 7) is 1.73. The third-order valence-corrected chi connectivity index (χ3v) is 3.70. The molecular formula is C12H11N3O4S. The molecule has 2 N–H and O–H groups in total. The molecule has 0 saturated heterocycles. The Bertz CT molecular complexity index is 742. The number of hydrogen-bond donors (Lipinski definition) is 2. The molecular weight excluding hydrogens is 282 g/mol. The van der Waals surface area contributed by atoms with Crippen molar-refractivity contribution in [2.75, 3.05) is 4.72 Å². The van der Waals surface area contributed by atoms with Gasteiger partial charge in [-0.05, 0) is 31.2 Å². The van der Waals surface area contributed by atoms with Crippen LogP contribution in [0.15, 0.2) is 41.7 Å². The molecule has 0 saturated carbocycles. The number of hydrogen-bond acceptors (Lipinski definition) is 5. The average Bonchev–Trinajstić information content (AvgIpc) is 2.38. The van der Waals surface area contributed by atoms with Crippen LogP contribution in [0.2, 0.25) is 0 Å². The van der Waals surface area contributed by atoms with Crippen LogP contribution in [0.5, 0.6) is 0 Å². The van der Waals surface area contributed by atoms with Crippen LogP contribution < -0.4 is 4.72 Å². The van der Waals surface area contributed by atoms with E-state index in [1.54, 1.807) is 13.0 Å². The molecule has 0 amide bonds. The summed E-state index contributed by atoms with van der Waals surface area (Å²) in [4.78, 5) is 18.3. The van der Waals surface area contributed by atoms with Crippen LogP contribution in [0, 0.1) is 6.92 Å². The van der Waals surface area contributed by atoms with E-state index in [9.17, 15) is 13.2 Å². The minimum atomic E-state index is -3.85. The van der Waals surface area contributed by atoms with Gasteiger partial charge in [-0.1, -0.05) is 0 Å². The van der Waals surface area contributed by atoms with Gasteiger partial charge in [-0.25, -0.2) is 9.78 Å². The lowest BCUT2D eigenvalue weighted by molar-refractivity contribution is 0.0696. The monoisotopic (exact) mass is 293 g/mol. The van der Waals surface area contributed by atoms with Crippen LogP contribution in [0.4, 0.5) is 5.69 Å². The molecule has 0 radical (unpaired) electrons. The zero-order chi connectivity index (χ0) is 14.8. The molecule has 0 spiro atoms. The maximum Gasteiger partial charge on any atom is 0.337 e. The first-order valence-corrected chi connectivity index (χ1v) is 7.01. The highest BCUT2D eigenvalue weighted by atomic mass is 32.2. The smallest absolute Gasteiger partial charge is 0.337 e. The summed E-state index contributed by atoms with van der Waals surface area (Å²) >= 11 is 0. The van der Waals surface area contributed by atoms with Crippen LogP contribution in [-0.4, -0.2) is 29.5 Å². The summed E-state index contributed by atoms with van der Waals surface area (Å²) in [7, 11) is -3.85. The fourth-order valence-electron chi connectivity index (χ4n) is 1.48. The SMILES string of the molecule is Cc1cc(NS(=O)(=O)c2ccc(C(=O)O)cn2)ccn1. The first-order valence-electron chi connectivity index (χ1n) is 5.53. The second-order valence-electron chi connectivity index (χ2n) is 3.98. The molecule has 2 aromatic rings. The normalized spacial score (nSPS) is 11.1. The van der Waals surface area contributed by atoms with E-state index in [1.165, 1.54) is 18.3 Å². The van der Waals surface area contributed by atoms with Crippen molar-refractivity contribution >= 4 is 21.7 Å². The van der Waals surface area contributed by atoms with Crippen LogP contribution in [0.1, 0.15) is 16.1 Å². The number of aromatic nitrogens is 2. The third-order valence-electron chi connectivity index (χ3n) is 2.41. The zero-order valence-corrected chi connectivity index (χ0v) is 11.3. The van der Waals surface area contributed by atoms with Crippen LogP contribution in [0.25, 0.3) is 0 Å². The van der Waals surface area contributed by atoms with Gasteiger partial charge < -0.3 is 5.11 Å². The van der Waals surface area contributed by atoms with Crippen molar-refractivity contribution in [2.24, 2.45) is 0 Å². The third kappa shape index (κ3) is 3.09. The number of nitrogens with zero attached hydrogens (tertiary/aromatic N) is 2. The Labute approximate surface area is 115 Å². The van der Waals surface area contributed by atoms with Crippen molar-refractivity contribution in [1.82, 2.24) is 9.97 Å². The first-order chi connectivity index (χ1) is 9.38. The summed E-state index contributed by atoms with van der Waals surface area (Å²) in [6.07, 6.45) is 2.48. The predicted molar refractivity (Wildman–Crippen MR) is 71.0 cm³/mol. The predicted octanol–water partition coefficient (Wildman–Crippen LogP) is 1.28. The topological polar surface area (TPSA) is 109 Å². The summed E-state index contributed by atoms with van der Waals surface area (Å²) < 4.78 is 26.5. The molecule has 0 bridgehead atoms. The maximum absolute atomic E-state index is 12.1. The van der Waals surface area contributed by atoms with Crippen molar-refractivity contribution in [3.05, 3.63) is 47.9 Å². The Balaban J connectivity index is 2.28. The van der Waals surface area contributed by atoms with Crippen LogP contribution >= 0.6 is 0 Å². The Morgan fingerprint density at radius 2 is 2.00 bits per heavy atom. The first kappa shape index (κ1) is 13.9. The molecule has 2 heterocycles. The lowest BCUT2D eigenvalue weighted by Crippen LogP contribution is -2.15. The zero-order valence-electron chi connectivity index (χ0n) is 10.4. The van der Waals surface area contributed by atoms with Gasteiger partial charge in [-0.3, -0.25) is 9.71 Å². The quantitative estimate of drug-likeness (QED) is 0.879. The molecule has 0 fully saturated rings. The number of carbonyl (C=O) groups is 1. The van der Waals surface area contributed by atoms with Crippen molar-refractivity contribution in [3.8, 4) is 0 Å². The number of aryl methyl sites for hydroxylation is 1. The number of nitrogens with one attached hydrogen (secondary N) is 1. The Morgan fingerprint density at radius 1 is 1.25 bits per heavy atom. The molecule has 0 aliphatic rings. The van der Waals surface area contributed by atoms with Crippen LogP contribution in [0.3, 0.4) is 0 Å². The van der Waals surface area contributed by atoms with Gasteiger partial charge in [-0.15, -0.1) is 0 Å². The molecule has 2 rings (SSSR count). The molecule has 8 heteroatoms. The minimum absolute atomic E-state index is 0.0799. The van der Waals surface area contributed by atoms with E-state index >= 15 is 0 Å². The summed E-state index contributed by atoms with van der Waals surface area (Å²) in [6, 6.07) is 5.40. The number of sulfonamides is 1. The summed E-state index contributed by atoms with van der Waals surface area (Å²) in [5.74, 6) is -1.17. The largest absolute Gasteiger partial charge is 0.478 e. The Morgan fingerprint density at radius 3 is 2.55 bits per heavy atom. The summed E-state index contributed by atoms with van der Waals surface area (Å²) in [5, 5.41) is 8.48. The van der Waals surface area contributed by atoms with E-state index in [-0.39, 0.29) is 10.6 Å². The van der Waals surface area contributed by atoms with Gasteiger partial charge in [0.1, 0.15) is 0 Å². The molecule has 7 nitrogen and oxygen atoms in total. The van der Waals surface area contributed by atoms with Gasteiger partial charge >= 0.3 is 5.97 Å². The molecule has 0 aromatic carbocycles. The minimum Gasteiger partial charge on any atom is -0.478 e. The van der Waals surface area contributed by atoms with Gasteiger partial charge in [0.25, 0.3) is 10.0 Å². The second-order valence-corrected chi connectivity index (χ2v) is 5.61. The average molecular weight is 293 g/mol. The van der Waals surface area contributed by atoms with Crippen molar-refractivity contribution in [3.63, 3.8) is 0 Å². The standard InChI is InChI=1S/C12H11N3O4S/c1-8-6-10(4-5-13-8)15-20(18,19)11-3-2-9(7-14-11)12(16)17/h2-7H,1H3,(H,13,15)(H,16,17). The number of anilines is 1.